The van der Waals surface area contributed by atoms with Gasteiger partial charge in [0.15, 0.2) is 0 Å². The van der Waals surface area contributed by atoms with Crippen LogP contribution in [0.5, 0.6) is 0 Å². The highest BCUT2D eigenvalue weighted by Crippen LogP contribution is 2.28. The van der Waals surface area contributed by atoms with Gasteiger partial charge in [-0.05, 0) is 52.0 Å². The highest BCUT2D eigenvalue weighted by atomic mass is 16.2. The molecule has 1 heterocycles. The lowest BCUT2D eigenvalue weighted by molar-refractivity contribution is -0.132. The second-order valence-corrected chi connectivity index (χ2v) is 6.85. The van der Waals surface area contributed by atoms with E-state index in [9.17, 15) is 4.79 Å². The molecule has 1 saturated carbocycles. The van der Waals surface area contributed by atoms with Crippen molar-refractivity contribution < 1.29 is 4.79 Å². The third kappa shape index (κ3) is 3.95. The van der Waals surface area contributed by atoms with Crippen molar-refractivity contribution in [1.82, 2.24) is 10.6 Å². The van der Waals surface area contributed by atoms with Crippen molar-refractivity contribution in [3.8, 4) is 0 Å². The lowest BCUT2D eigenvalue weighted by Crippen LogP contribution is -2.51. The molecule has 110 valence electrons. The van der Waals surface area contributed by atoms with Crippen molar-refractivity contribution >= 4 is 5.91 Å². The minimum atomic E-state index is -0.197. The minimum absolute atomic E-state index is 0.197. The molecular weight excluding hydrogens is 236 g/mol. The number of carbonyl (C=O) groups is 1. The first-order valence-corrected chi connectivity index (χ1v) is 8.13. The Labute approximate surface area is 117 Å². The number of hydrogen-bond donors (Lipinski definition) is 2. The molecule has 19 heavy (non-hydrogen) atoms. The van der Waals surface area contributed by atoms with Gasteiger partial charge in [-0.25, -0.2) is 0 Å². The summed E-state index contributed by atoms with van der Waals surface area (Å²) >= 11 is 0. The SMILES string of the molecule is C[C@H](NC(=O)C1(C)CCCNC1)C1CCCCCC1. The zero-order valence-electron chi connectivity index (χ0n) is 12.6. The Bertz CT molecular complexity index is 289. The van der Waals surface area contributed by atoms with Crippen LogP contribution in [0.2, 0.25) is 0 Å². The molecule has 2 fully saturated rings. The first-order valence-electron chi connectivity index (χ1n) is 8.13. The smallest absolute Gasteiger partial charge is 0.227 e. The summed E-state index contributed by atoms with van der Waals surface area (Å²) in [4.78, 5) is 12.5. The van der Waals surface area contributed by atoms with Crippen LogP contribution in [-0.2, 0) is 4.79 Å². The van der Waals surface area contributed by atoms with Gasteiger partial charge in [0, 0.05) is 12.6 Å². The van der Waals surface area contributed by atoms with Crippen molar-refractivity contribution in [2.24, 2.45) is 11.3 Å². The molecule has 3 heteroatoms. The van der Waals surface area contributed by atoms with E-state index in [1.807, 2.05) is 0 Å². The molecule has 0 bridgehead atoms. The van der Waals surface area contributed by atoms with Crippen LogP contribution < -0.4 is 10.6 Å². The Hall–Kier alpha value is -0.570. The fourth-order valence-corrected chi connectivity index (χ4v) is 3.56. The van der Waals surface area contributed by atoms with Crippen molar-refractivity contribution in [2.45, 2.75) is 71.3 Å². The van der Waals surface area contributed by atoms with E-state index in [1.54, 1.807) is 0 Å². The Kier molecular flexibility index (Phi) is 5.26. The molecule has 0 aromatic carbocycles. The Morgan fingerprint density at radius 1 is 1.21 bits per heavy atom. The average molecular weight is 266 g/mol. The van der Waals surface area contributed by atoms with Crippen LogP contribution in [0, 0.1) is 11.3 Å². The molecule has 3 nitrogen and oxygen atoms in total. The van der Waals surface area contributed by atoms with Gasteiger partial charge >= 0.3 is 0 Å². The molecule has 1 aliphatic carbocycles. The molecule has 0 radical (unpaired) electrons. The summed E-state index contributed by atoms with van der Waals surface area (Å²) in [6, 6.07) is 0.337. The Morgan fingerprint density at radius 3 is 2.47 bits per heavy atom. The number of piperidine rings is 1. The summed E-state index contributed by atoms with van der Waals surface area (Å²) in [7, 11) is 0. The van der Waals surface area contributed by atoms with Gasteiger partial charge in [0.25, 0.3) is 0 Å². The van der Waals surface area contributed by atoms with Gasteiger partial charge in [-0.1, -0.05) is 25.7 Å². The quantitative estimate of drug-likeness (QED) is 0.771. The van der Waals surface area contributed by atoms with E-state index in [4.69, 9.17) is 0 Å². The molecule has 1 amide bonds. The van der Waals surface area contributed by atoms with Gasteiger partial charge in [-0.3, -0.25) is 4.79 Å². The largest absolute Gasteiger partial charge is 0.353 e. The molecular formula is C16H30N2O. The number of amides is 1. The van der Waals surface area contributed by atoms with E-state index in [0.29, 0.717) is 12.0 Å². The third-order valence-electron chi connectivity index (χ3n) is 5.11. The van der Waals surface area contributed by atoms with Gasteiger partial charge in [-0.15, -0.1) is 0 Å². The number of carbonyl (C=O) groups excluding carboxylic acids is 1. The topological polar surface area (TPSA) is 41.1 Å². The van der Waals surface area contributed by atoms with Crippen LogP contribution in [0.25, 0.3) is 0 Å². The summed E-state index contributed by atoms with van der Waals surface area (Å²) in [5.41, 5.74) is -0.197. The minimum Gasteiger partial charge on any atom is -0.353 e. The Morgan fingerprint density at radius 2 is 1.89 bits per heavy atom. The normalized spacial score (nSPS) is 31.5. The summed E-state index contributed by atoms with van der Waals surface area (Å²) in [5, 5.41) is 6.67. The average Bonchev–Trinajstić information content (AvgIpc) is 2.68. The van der Waals surface area contributed by atoms with E-state index in [2.05, 4.69) is 24.5 Å². The van der Waals surface area contributed by atoms with E-state index in [0.717, 1.165) is 25.9 Å². The zero-order chi connectivity index (χ0) is 13.7. The van der Waals surface area contributed by atoms with Crippen LogP contribution in [0.3, 0.4) is 0 Å². The molecule has 2 rings (SSSR count). The fraction of sp³-hybridized carbons (Fsp3) is 0.938. The fourth-order valence-electron chi connectivity index (χ4n) is 3.56. The van der Waals surface area contributed by atoms with Crippen molar-refractivity contribution in [1.29, 1.82) is 0 Å². The van der Waals surface area contributed by atoms with Gasteiger partial charge < -0.3 is 10.6 Å². The molecule has 0 aromatic heterocycles. The second kappa shape index (κ2) is 6.74. The Balaban J connectivity index is 1.86. The number of nitrogens with one attached hydrogen (secondary N) is 2. The number of rotatable bonds is 3. The van der Waals surface area contributed by atoms with Gasteiger partial charge in [0.05, 0.1) is 5.41 Å². The van der Waals surface area contributed by atoms with E-state index < -0.39 is 0 Å². The molecule has 0 spiro atoms. The molecule has 1 unspecified atom stereocenters. The van der Waals surface area contributed by atoms with Gasteiger partial charge in [0.1, 0.15) is 0 Å². The van der Waals surface area contributed by atoms with Crippen LogP contribution in [0.4, 0.5) is 0 Å². The summed E-state index contributed by atoms with van der Waals surface area (Å²) in [6.07, 6.45) is 10.1. The summed E-state index contributed by atoms with van der Waals surface area (Å²) in [6.45, 7) is 6.19. The van der Waals surface area contributed by atoms with Crippen molar-refractivity contribution in [2.75, 3.05) is 13.1 Å². The molecule has 2 N–H and O–H groups in total. The first kappa shape index (κ1) is 14.8. The van der Waals surface area contributed by atoms with Crippen LogP contribution in [0.15, 0.2) is 0 Å². The van der Waals surface area contributed by atoms with Crippen molar-refractivity contribution in [3.05, 3.63) is 0 Å². The highest BCUT2D eigenvalue weighted by molar-refractivity contribution is 5.82. The molecule has 1 saturated heterocycles. The van der Waals surface area contributed by atoms with E-state index in [1.165, 1.54) is 38.5 Å². The monoisotopic (exact) mass is 266 g/mol. The second-order valence-electron chi connectivity index (χ2n) is 6.85. The van der Waals surface area contributed by atoms with E-state index >= 15 is 0 Å². The molecule has 1 aliphatic heterocycles. The van der Waals surface area contributed by atoms with Gasteiger partial charge in [-0.2, -0.15) is 0 Å². The summed E-state index contributed by atoms with van der Waals surface area (Å²) in [5.74, 6) is 0.947. The predicted molar refractivity (Wildman–Crippen MR) is 79.0 cm³/mol. The summed E-state index contributed by atoms with van der Waals surface area (Å²) < 4.78 is 0. The lowest BCUT2D eigenvalue weighted by atomic mass is 9.81. The van der Waals surface area contributed by atoms with Gasteiger partial charge in [0.2, 0.25) is 5.91 Å². The molecule has 2 aliphatic rings. The maximum atomic E-state index is 12.5. The molecule has 2 atom stereocenters. The maximum absolute atomic E-state index is 12.5. The standard InChI is InChI=1S/C16H30N2O/c1-13(14-8-5-3-4-6-9-14)18-15(19)16(2)10-7-11-17-12-16/h13-14,17H,3-12H2,1-2H3,(H,18,19)/t13-,16?/m0/s1. The van der Waals surface area contributed by atoms with Crippen LogP contribution in [-0.4, -0.2) is 25.0 Å². The number of hydrogen-bond acceptors (Lipinski definition) is 2. The zero-order valence-corrected chi connectivity index (χ0v) is 12.6. The highest BCUT2D eigenvalue weighted by Gasteiger charge is 2.35. The van der Waals surface area contributed by atoms with Crippen LogP contribution >= 0.6 is 0 Å². The molecule has 0 aromatic rings. The van der Waals surface area contributed by atoms with E-state index in [-0.39, 0.29) is 11.3 Å². The maximum Gasteiger partial charge on any atom is 0.227 e. The third-order valence-corrected chi connectivity index (χ3v) is 5.11. The predicted octanol–water partition coefficient (Wildman–Crippen LogP) is 2.85. The van der Waals surface area contributed by atoms with Crippen LogP contribution in [0.1, 0.15) is 65.2 Å². The van der Waals surface area contributed by atoms with Crippen molar-refractivity contribution in [3.63, 3.8) is 0 Å². The first-order chi connectivity index (χ1) is 9.12. The lowest BCUT2D eigenvalue weighted by Gasteiger charge is -2.35.